The highest BCUT2D eigenvalue weighted by Gasteiger charge is 2.21. The van der Waals surface area contributed by atoms with Gasteiger partial charge in [0.25, 0.3) is 0 Å². The van der Waals surface area contributed by atoms with Gasteiger partial charge < -0.3 is 9.68 Å². The van der Waals surface area contributed by atoms with Crippen LogP contribution < -0.4 is 11.8 Å². The van der Waals surface area contributed by atoms with Gasteiger partial charge in [0.05, 0.1) is 11.1 Å². The number of hydrogen-bond acceptors (Lipinski definition) is 6. The number of nitrogens with two attached hydrogens (primary N) is 2. The minimum Gasteiger partial charge on any atom is -0.370 e. The quantitative estimate of drug-likeness (QED) is 0.577. The van der Waals surface area contributed by atoms with Gasteiger partial charge in [-0.1, -0.05) is 30.3 Å². The highest BCUT2D eigenvalue weighted by Crippen LogP contribution is 2.20. The van der Waals surface area contributed by atoms with Crippen LogP contribution in [-0.4, -0.2) is 11.9 Å². The van der Waals surface area contributed by atoms with Crippen LogP contribution >= 0.6 is 0 Å². The highest BCUT2D eigenvalue weighted by molar-refractivity contribution is 6.22. The molecule has 0 unspecified atom stereocenters. The number of carbonyl (C=O) groups is 2. The summed E-state index contributed by atoms with van der Waals surface area (Å²) in [6.07, 6.45) is 0. The lowest BCUT2D eigenvalue weighted by molar-refractivity contribution is -0.141. The topological polar surface area (TPSA) is 105 Å². The molecular weight excluding hydrogens is 224 g/mol. The summed E-state index contributed by atoms with van der Waals surface area (Å²) in [6, 6.07) is 8.46. The van der Waals surface area contributed by atoms with Gasteiger partial charge in [0.15, 0.2) is 0 Å². The molecule has 1 aromatic rings. The molecule has 90 valence electrons. The normalized spacial score (nSPS) is 11.5. The Hall–Kier alpha value is -2.18. The molecule has 0 fully saturated rings. The Morgan fingerprint density at radius 1 is 1.00 bits per heavy atom. The van der Waals surface area contributed by atoms with E-state index in [4.69, 9.17) is 11.8 Å². The van der Waals surface area contributed by atoms with Crippen molar-refractivity contribution in [3.63, 3.8) is 0 Å². The molecule has 0 spiro atoms. The van der Waals surface area contributed by atoms with Crippen molar-refractivity contribution in [1.82, 2.24) is 0 Å². The van der Waals surface area contributed by atoms with E-state index in [1.54, 1.807) is 30.3 Å². The van der Waals surface area contributed by atoms with Crippen molar-refractivity contribution in [2.75, 3.05) is 0 Å². The van der Waals surface area contributed by atoms with Crippen LogP contribution in [0.2, 0.25) is 0 Å². The van der Waals surface area contributed by atoms with Crippen molar-refractivity contribution in [2.45, 2.75) is 6.92 Å². The summed E-state index contributed by atoms with van der Waals surface area (Å²) in [5, 5.41) is 0. The predicted molar refractivity (Wildman–Crippen MR) is 59.6 cm³/mol. The number of benzene rings is 1. The first-order chi connectivity index (χ1) is 8.11. The molecule has 0 bridgehead atoms. The second kappa shape index (κ2) is 5.78. The second-order valence-corrected chi connectivity index (χ2v) is 3.18. The van der Waals surface area contributed by atoms with E-state index in [0.29, 0.717) is 5.56 Å². The first kappa shape index (κ1) is 12.9. The van der Waals surface area contributed by atoms with Gasteiger partial charge in [0.1, 0.15) is 0 Å². The fourth-order valence-electron chi connectivity index (χ4n) is 1.34. The summed E-state index contributed by atoms with van der Waals surface area (Å²) >= 11 is 0. The maximum atomic E-state index is 11.5. The molecule has 6 heteroatoms. The fourth-order valence-corrected chi connectivity index (χ4v) is 1.34. The van der Waals surface area contributed by atoms with Crippen LogP contribution in [0.25, 0.3) is 5.57 Å². The molecule has 4 N–H and O–H groups in total. The molecule has 0 aliphatic carbocycles. The van der Waals surface area contributed by atoms with Crippen LogP contribution in [0.3, 0.4) is 0 Å². The summed E-state index contributed by atoms with van der Waals surface area (Å²) < 4.78 is 0. The summed E-state index contributed by atoms with van der Waals surface area (Å²) in [5.74, 6) is 7.93. The molecule has 1 rings (SSSR count). The largest absolute Gasteiger partial charge is 0.370 e. The third-order valence-electron chi connectivity index (χ3n) is 2.16. The van der Waals surface area contributed by atoms with E-state index in [0.717, 1.165) is 0 Å². The Kier molecular flexibility index (Phi) is 4.38. The lowest BCUT2D eigenvalue weighted by Gasteiger charge is -2.08. The minimum absolute atomic E-state index is 0.0172. The fraction of sp³-hybridized carbons (Fsp3) is 0.0909. The van der Waals surface area contributed by atoms with Crippen LogP contribution in [0.5, 0.6) is 0 Å². The molecule has 0 aliphatic heterocycles. The summed E-state index contributed by atoms with van der Waals surface area (Å²) in [6.45, 7) is 1.40. The minimum atomic E-state index is -0.834. The Morgan fingerprint density at radius 3 is 2.00 bits per heavy atom. The van der Waals surface area contributed by atoms with Crippen LogP contribution in [0.15, 0.2) is 35.9 Å². The standard InChI is InChI=1S/C11H12N2O4/c1-7(10(14)16-12)9(11(15)17-13)8-5-3-2-4-6-8/h2-6H,12-13H2,1H3/b9-7-. The average Bonchev–Trinajstić information content (AvgIpc) is 2.38. The maximum absolute atomic E-state index is 11.5. The van der Waals surface area contributed by atoms with E-state index < -0.39 is 11.9 Å². The third-order valence-corrected chi connectivity index (χ3v) is 2.16. The molecule has 0 heterocycles. The van der Waals surface area contributed by atoms with Crippen molar-refractivity contribution in [3.05, 3.63) is 41.5 Å². The van der Waals surface area contributed by atoms with Gasteiger partial charge in [-0.05, 0) is 12.5 Å². The van der Waals surface area contributed by atoms with Gasteiger partial charge in [-0.15, -0.1) is 0 Å². The molecule has 0 atom stereocenters. The lowest BCUT2D eigenvalue weighted by Crippen LogP contribution is -2.18. The van der Waals surface area contributed by atoms with E-state index in [-0.39, 0.29) is 11.1 Å². The summed E-state index contributed by atoms with van der Waals surface area (Å²) in [7, 11) is 0. The van der Waals surface area contributed by atoms with Crippen LogP contribution in [0, 0.1) is 0 Å². The van der Waals surface area contributed by atoms with E-state index in [1.165, 1.54) is 6.92 Å². The molecule has 0 saturated heterocycles. The Bertz CT molecular complexity index is 454. The maximum Gasteiger partial charge on any atom is 0.357 e. The van der Waals surface area contributed by atoms with Crippen molar-refractivity contribution < 1.29 is 19.3 Å². The SMILES string of the molecule is C/C(C(=O)ON)=C(/C(=O)ON)c1ccccc1. The van der Waals surface area contributed by atoms with Gasteiger partial charge >= 0.3 is 11.9 Å². The third kappa shape index (κ3) is 2.90. The van der Waals surface area contributed by atoms with Gasteiger partial charge in [-0.25, -0.2) is 9.59 Å². The van der Waals surface area contributed by atoms with E-state index in [2.05, 4.69) is 9.68 Å². The summed E-state index contributed by atoms with van der Waals surface area (Å²) in [5.41, 5.74) is 0.531. The number of carbonyl (C=O) groups excluding carboxylic acids is 2. The highest BCUT2D eigenvalue weighted by atomic mass is 16.7. The van der Waals surface area contributed by atoms with E-state index in [9.17, 15) is 9.59 Å². The summed E-state index contributed by atoms with van der Waals surface area (Å²) in [4.78, 5) is 31.0. The number of hydrogen-bond donors (Lipinski definition) is 2. The van der Waals surface area contributed by atoms with E-state index >= 15 is 0 Å². The van der Waals surface area contributed by atoms with Gasteiger partial charge in [-0.3, -0.25) is 0 Å². The lowest BCUT2D eigenvalue weighted by atomic mass is 10.0. The molecule has 0 aliphatic rings. The zero-order valence-electron chi connectivity index (χ0n) is 9.17. The predicted octanol–water partition coefficient (Wildman–Crippen LogP) is 0.294. The Labute approximate surface area is 97.7 Å². The molecule has 17 heavy (non-hydrogen) atoms. The first-order valence-corrected chi connectivity index (χ1v) is 4.70. The van der Waals surface area contributed by atoms with Gasteiger partial charge in [0.2, 0.25) is 0 Å². The van der Waals surface area contributed by atoms with Crippen LogP contribution in [-0.2, 0) is 19.3 Å². The van der Waals surface area contributed by atoms with E-state index in [1.807, 2.05) is 0 Å². The van der Waals surface area contributed by atoms with Crippen molar-refractivity contribution in [1.29, 1.82) is 0 Å². The van der Waals surface area contributed by atoms with Crippen LogP contribution in [0.1, 0.15) is 12.5 Å². The van der Waals surface area contributed by atoms with Crippen molar-refractivity contribution in [2.24, 2.45) is 11.8 Å². The molecular formula is C11H12N2O4. The van der Waals surface area contributed by atoms with Crippen molar-refractivity contribution >= 4 is 17.5 Å². The zero-order chi connectivity index (χ0) is 12.8. The van der Waals surface area contributed by atoms with Gasteiger partial charge in [0, 0.05) is 0 Å². The molecule has 0 saturated carbocycles. The molecule has 1 aromatic carbocycles. The smallest absolute Gasteiger partial charge is 0.357 e. The number of rotatable bonds is 3. The Morgan fingerprint density at radius 2 is 1.53 bits per heavy atom. The monoisotopic (exact) mass is 236 g/mol. The molecule has 0 radical (unpaired) electrons. The van der Waals surface area contributed by atoms with Crippen LogP contribution in [0.4, 0.5) is 0 Å². The molecule has 6 nitrogen and oxygen atoms in total. The average molecular weight is 236 g/mol. The zero-order valence-corrected chi connectivity index (χ0v) is 9.17. The first-order valence-electron chi connectivity index (χ1n) is 4.70. The molecule has 0 amide bonds. The van der Waals surface area contributed by atoms with Gasteiger partial charge in [-0.2, -0.15) is 11.8 Å². The van der Waals surface area contributed by atoms with Crippen molar-refractivity contribution in [3.8, 4) is 0 Å². The molecule has 0 aromatic heterocycles. The second-order valence-electron chi connectivity index (χ2n) is 3.18. The Balaban J connectivity index is 3.32.